The Labute approximate surface area is 173 Å². The Morgan fingerprint density at radius 3 is 2.55 bits per heavy atom. The highest BCUT2D eigenvalue weighted by molar-refractivity contribution is 7.13. The Hall–Kier alpha value is -3.00. The zero-order valence-electron chi connectivity index (χ0n) is 17.0. The molecule has 0 N–H and O–H groups in total. The summed E-state index contributed by atoms with van der Waals surface area (Å²) in [5, 5.41) is 6.60. The molecular weight excluding hydrogens is 388 g/mol. The zero-order valence-corrected chi connectivity index (χ0v) is 17.8. The lowest BCUT2D eigenvalue weighted by atomic mass is 10.0. The first-order chi connectivity index (χ1) is 13.9. The lowest BCUT2D eigenvalue weighted by Gasteiger charge is -2.19. The number of benzene rings is 1. The van der Waals surface area contributed by atoms with Gasteiger partial charge in [0.25, 0.3) is 5.91 Å². The minimum Gasteiger partial charge on any atom is -0.468 e. The summed E-state index contributed by atoms with van der Waals surface area (Å²) in [5.41, 5.74) is 3.35. The lowest BCUT2D eigenvalue weighted by molar-refractivity contribution is -0.141. The highest BCUT2D eigenvalue weighted by Crippen LogP contribution is 2.26. The number of aryl methyl sites for hydroxylation is 1. The molecule has 8 heteroatoms. The molecule has 0 bridgehead atoms. The van der Waals surface area contributed by atoms with Crippen LogP contribution in [0.4, 0.5) is 0 Å². The number of esters is 1. The van der Waals surface area contributed by atoms with E-state index in [2.05, 4.69) is 36.1 Å². The molecule has 0 radical (unpaired) electrons. The molecule has 0 aliphatic carbocycles. The number of carbonyl (C=O) groups is 2. The van der Waals surface area contributed by atoms with Crippen LogP contribution >= 0.6 is 11.3 Å². The molecule has 0 saturated carbocycles. The molecule has 0 saturated heterocycles. The summed E-state index contributed by atoms with van der Waals surface area (Å²) >= 11 is 1.41. The average molecular weight is 413 g/mol. The van der Waals surface area contributed by atoms with Crippen molar-refractivity contribution in [3.63, 3.8) is 0 Å². The van der Waals surface area contributed by atoms with E-state index in [1.807, 2.05) is 12.1 Å². The van der Waals surface area contributed by atoms with Crippen LogP contribution in [0, 0.1) is 0 Å². The number of carbonyl (C=O) groups excluding carboxylic acids is 2. The van der Waals surface area contributed by atoms with Crippen molar-refractivity contribution >= 4 is 23.2 Å². The third-order valence-electron chi connectivity index (χ3n) is 4.51. The number of nitrogens with zero attached hydrogens (tertiary/aromatic N) is 4. The van der Waals surface area contributed by atoms with Gasteiger partial charge in [0.05, 0.1) is 13.3 Å². The van der Waals surface area contributed by atoms with Gasteiger partial charge >= 0.3 is 5.97 Å². The van der Waals surface area contributed by atoms with Crippen molar-refractivity contribution in [2.24, 2.45) is 7.05 Å². The van der Waals surface area contributed by atoms with Gasteiger partial charge in [-0.2, -0.15) is 5.10 Å². The fourth-order valence-electron chi connectivity index (χ4n) is 2.87. The van der Waals surface area contributed by atoms with Crippen molar-refractivity contribution in [3.05, 3.63) is 58.9 Å². The first kappa shape index (κ1) is 20.7. The van der Waals surface area contributed by atoms with Crippen molar-refractivity contribution in [2.45, 2.75) is 26.3 Å². The van der Waals surface area contributed by atoms with Crippen molar-refractivity contribution in [1.82, 2.24) is 19.7 Å². The summed E-state index contributed by atoms with van der Waals surface area (Å²) in [6, 6.07) is 8.19. The van der Waals surface area contributed by atoms with Crippen LogP contribution in [0.5, 0.6) is 0 Å². The maximum Gasteiger partial charge on any atom is 0.325 e. The van der Waals surface area contributed by atoms with Crippen molar-refractivity contribution < 1.29 is 14.3 Å². The van der Waals surface area contributed by atoms with E-state index >= 15 is 0 Å². The van der Waals surface area contributed by atoms with Gasteiger partial charge in [0, 0.05) is 36.3 Å². The van der Waals surface area contributed by atoms with Gasteiger partial charge in [0.15, 0.2) is 0 Å². The van der Waals surface area contributed by atoms with Gasteiger partial charge < -0.3 is 9.64 Å². The van der Waals surface area contributed by atoms with E-state index in [0.717, 1.165) is 16.1 Å². The third kappa shape index (κ3) is 5.08. The van der Waals surface area contributed by atoms with Gasteiger partial charge in [0.1, 0.15) is 17.2 Å². The second kappa shape index (κ2) is 9.00. The van der Waals surface area contributed by atoms with Crippen LogP contribution in [0.15, 0.2) is 42.0 Å². The van der Waals surface area contributed by atoms with Crippen molar-refractivity contribution in [3.8, 4) is 10.6 Å². The second-order valence-electron chi connectivity index (χ2n) is 7.07. The maximum atomic E-state index is 13.0. The number of aromatic nitrogens is 3. The number of hydrogen-bond donors (Lipinski definition) is 0. The first-order valence-electron chi connectivity index (χ1n) is 9.27. The molecule has 0 aliphatic rings. The summed E-state index contributed by atoms with van der Waals surface area (Å²) in [4.78, 5) is 30.8. The number of ether oxygens (including phenoxy) is 1. The van der Waals surface area contributed by atoms with Crippen LogP contribution in [0.2, 0.25) is 0 Å². The van der Waals surface area contributed by atoms with Gasteiger partial charge in [-0.3, -0.25) is 14.3 Å². The Kier molecular flexibility index (Phi) is 6.43. The molecular formula is C21H24N4O3S. The maximum absolute atomic E-state index is 13.0. The van der Waals surface area contributed by atoms with Gasteiger partial charge in [-0.05, 0) is 11.5 Å². The van der Waals surface area contributed by atoms with Crippen molar-refractivity contribution in [2.75, 3.05) is 13.7 Å². The molecule has 29 heavy (non-hydrogen) atoms. The summed E-state index contributed by atoms with van der Waals surface area (Å²) in [5.74, 6) is -0.348. The minimum absolute atomic E-state index is 0.153. The van der Waals surface area contributed by atoms with E-state index in [-0.39, 0.29) is 19.0 Å². The largest absolute Gasteiger partial charge is 0.468 e. The quantitative estimate of drug-likeness (QED) is 0.555. The van der Waals surface area contributed by atoms with Gasteiger partial charge in [-0.25, -0.2) is 4.98 Å². The third-order valence-corrected chi connectivity index (χ3v) is 5.41. The van der Waals surface area contributed by atoms with Crippen LogP contribution in [0.3, 0.4) is 0 Å². The molecule has 2 aromatic heterocycles. The number of rotatable bonds is 7. The highest BCUT2D eigenvalue weighted by atomic mass is 32.1. The zero-order chi connectivity index (χ0) is 21.0. The molecule has 0 aliphatic heterocycles. The standard InChI is InChI=1S/C21H24N4O3S/c1-14(2)16-5-7-17(8-6-16)20-23-18(13-29-20)21(27)25(12-19(26)28-4)11-15-9-22-24(3)10-15/h5-10,13-14H,11-12H2,1-4H3. The van der Waals surface area contributed by atoms with Crippen LogP contribution in [0.1, 0.15) is 41.4 Å². The summed E-state index contributed by atoms with van der Waals surface area (Å²) in [6.45, 7) is 4.39. The summed E-state index contributed by atoms with van der Waals surface area (Å²) in [6.07, 6.45) is 3.47. The Balaban J connectivity index is 1.81. The van der Waals surface area contributed by atoms with E-state index in [4.69, 9.17) is 4.74 Å². The van der Waals surface area contributed by atoms with Gasteiger partial charge in [-0.15, -0.1) is 11.3 Å². The SMILES string of the molecule is COC(=O)CN(Cc1cnn(C)c1)C(=O)c1csc(-c2ccc(C(C)C)cc2)n1. The van der Waals surface area contributed by atoms with Crippen LogP contribution in [-0.2, 0) is 23.1 Å². The normalized spacial score (nSPS) is 10.9. The average Bonchev–Trinajstić information content (AvgIpc) is 3.36. The second-order valence-corrected chi connectivity index (χ2v) is 7.93. The van der Waals surface area contributed by atoms with Crippen LogP contribution in [-0.4, -0.2) is 45.2 Å². The number of methoxy groups -OCH3 is 1. The highest BCUT2D eigenvalue weighted by Gasteiger charge is 2.23. The van der Waals surface area contributed by atoms with Gasteiger partial charge in [-0.1, -0.05) is 38.1 Å². The molecule has 7 nitrogen and oxygen atoms in total. The van der Waals surface area contributed by atoms with E-state index in [9.17, 15) is 9.59 Å². The fourth-order valence-corrected chi connectivity index (χ4v) is 3.67. The molecule has 1 aromatic carbocycles. The lowest BCUT2D eigenvalue weighted by Crippen LogP contribution is -2.35. The van der Waals surface area contributed by atoms with E-state index in [1.165, 1.54) is 28.9 Å². The summed E-state index contributed by atoms with van der Waals surface area (Å²) in [7, 11) is 3.10. The smallest absolute Gasteiger partial charge is 0.325 e. The molecule has 0 unspecified atom stereocenters. The molecule has 2 heterocycles. The molecule has 3 aromatic rings. The monoisotopic (exact) mass is 412 g/mol. The van der Waals surface area contributed by atoms with Crippen molar-refractivity contribution in [1.29, 1.82) is 0 Å². The number of amides is 1. The van der Waals surface area contributed by atoms with Gasteiger partial charge in [0.2, 0.25) is 0 Å². The molecule has 3 rings (SSSR count). The molecule has 152 valence electrons. The predicted octanol–water partition coefficient (Wildman–Crippen LogP) is 3.48. The Bertz CT molecular complexity index is 992. The predicted molar refractivity (Wildman–Crippen MR) is 112 cm³/mol. The number of hydrogen-bond acceptors (Lipinski definition) is 6. The number of thiazole rings is 1. The molecule has 1 amide bonds. The Morgan fingerprint density at radius 2 is 1.97 bits per heavy atom. The fraction of sp³-hybridized carbons (Fsp3) is 0.333. The van der Waals surface area contributed by atoms with E-state index in [1.54, 1.807) is 29.5 Å². The van der Waals surface area contributed by atoms with Crippen LogP contribution in [0.25, 0.3) is 10.6 Å². The topological polar surface area (TPSA) is 77.3 Å². The van der Waals surface area contributed by atoms with E-state index in [0.29, 0.717) is 11.6 Å². The van der Waals surface area contributed by atoms with E-state index < -0.39 is 5.97 Å². The minimum atomic E-state index is -0.484. The van der Waals surface area contributed by atoms with Crippen LogP contribution < -0.4 is 0 Å². The Morgan fingerprint density at radius 1 is 1.24 bits per heavy atom. The molecule has 0 spiro atoms. The first-order valence-corrected chi connectivity index (χ1v) is 10.1. The summed E-state index contributed by atoms with van der Waals surface area (Å²) < 4.78 is 6.39. The molecule has 0 fully saturated rings. The molecule has 0 atom stereocenters.